The second-order valence-electron chi connectivity index (χ2n) is 6.75. The highest BCUT2D eigenvalue weighted by molar-refractivity contribution is 6.42. The largest absolute Gasteiger partial charge is 0.417 e. The van der Waals surface area contributed by atoms with Crippen LogP contribution in [0, 0.1) is 0 Å². The van der Waals surface area contributed by atoms with E-state index in [2.05, 4.69) is 4.90 Å². The fourth-order valence-electron chi connectivity index (χ4n) is 3.14. The van der Waals surface area contributed by atoms with Gasteiger partial charge in [0.15, 0.2) is 0 Å². The van der Waals surface area contributed by atoms with Crippen LogP contribution < -0.4 is 5.56 Å². The molecule has 1 aliphatic rings. The molecule has 2 heterocycles. The van der Waals surface area contributed by atoms with E-state index in [0.717, 1.165) is 16.2 Å². The van der Waals surface area contributed by atoms with Crippen LogP contribution in [-0.2, 0) is 24.1 Å². The van der Waals surface area contributed by atoms with Crippen molar-refractivity contribution in [2.75, 3.05) is 26.2 Å². The average molecular weight is 448 g/mol. The molecule has 5 nitrogen and oxygen atoms in total. The van der Waals surface area contributed by atoms with Crippen LogP contribution in [0.25, 0.3) is 0 Å². The van der Waals surface area contributed by atoms with Crippen LogP contribution in [0.2, 0.25) is 10.0 Å². The highest BCUT2D eigenvalue weighted by Crippen LogP contribution is 2.28. The van der Waals surface area contributed by atoms with E-state index in [1.165, 1.54) is 0 Å². The van der Waals surface area contributed by atoms with E-state index in [-0.39, 0.29) is 0 Å². The molecule has 0 N–H and O–H groups in total. The Morgan fingerprint density at radius 1 is 1.03 bits per heavy atom. The molecule has 0 saturated carbocycles. The van der Waals surface area contributed by atoms with E-state index in [1.54, 1.807) is 11.0 Å². The van der Waals surface area contributed by atoms with Crippen molar-refractivity contribution < 1.29 is 18.0 Å². The van der Waals surface area contributed by atoms with Gasteiger partial charge in [-0.2, -0.15) is 13.2 Å². The average Bonchev–Trinajstić information content (AvgIpc) is 2.67. The molecule has 156 valence electrons. The number of pyridine rings is 1. The summed E-state index contributed by atoms with van der Waals surface area (Å²) in [5.74, 6) is -0.396. The monoisotopic (exact) mass is 447 g/mol. The van der Waals surface area contributed by atoms with Gasteiger partial charge < -0.3 is 9.47 Å². The molecule has 1 saturated heterocycles. The molecule has 1 aromatic carbocycles. The highest BCUT2D eigenvalue weighted by atomic mass is 35.5. The number of carbonyl (C=O) groups is 1. The molecule has 1 aromatic heterocycles. The first kappa shape index (κ1) is 21.7. The Hall–Kier alpha value is -2.03. The molecule has 1 fully saturated rings. The number of hydrogen-bond acceptors (Lipinski definition) is 3. The zero-order chi connectivity index (χ0) is 21.2. The minimum Gasteiger partial charge on any atom is -0.339 e. The number of carbonyl (C=O) groups excluding carboxylic acids is 1. The topological polar surface area (TPSA) is 45.6 Å². The summed E-state index contributed by atoms with van der Waals surface area (Å²) in [6.07, 6.45) is -3.90. The van der Waals surface area contributed by atoms with Gasteiger partial charge in [0.1, 0.15) is 6.54 Å². The summed E-state index contributed by atoms with van der Waals surface area (Å²) in [5.41, 5.74) is -0.733. The summed E-state index contributed by atoms with van der Waals surface area (Å²) < 4.78 is 39.3. The van der Waals surface area contributed by atoms with Gasteiger partial charge >= 0.3 is 6.18 Å². The van der Waals surface area contributed by atoms with Crippen LogP contribution in [0.3, 0.4) is 0 Å². The molecule has 0 aliphatic carbocycles. The SMILES string of the molecule is O=C(Cn1cc(C(F)(F)F)ccc1=O)N1CCN(Cc2cccc(Cl)c2Cl)CC1. The number of rotatable bonds is 4. The lowest BCUT2D eigenvalue weighted by molar-refractivity contribution is -0.139. The molecular formula is C19H18Cl2F3N3O2. The molecule has 0 radical (unpaired) electrons. The van der Waals surface area contributed by atoms with Crippen LogP contribution in [0.15, 0.2) is 41.3 Å². The Bertz CT molecular complexity index is 954. The standard InChI is InChI=1S/C19H18Cl2F3N3O2/c20-15-3-1-2-13(18(15)21)10-25-6-8-26(9-7-25)17(29)12-27-11-14(19(22,23)24)4-5-16(27)28/h1-5,11H,6-10,12H2. The third kappa shape index (κ3) is 5.32. The fourth-order valence-corrected chi connectivity index (χ4v) is 3.52. The lowest BCUT2D eigenvalue weighted by Crippen LogP contribution is -2.49. The van der Waals surface area contributed by atoms with Crippen molar-refractivity contribution in [2.45, 2.75) is 19.3 Å². The molecule has 0 bridgehead atoms. The number of nitrogens with zero attached hydrogens (tertiary/aromatic N) is 3. The minimum atomic E-state index is -4.58. The first-order chi connectivity index (χ1) is 13.6. The Kier molecular flexibility index (Phi) is 6.55. The van der Waals surface area contributed by atoms with E-state index < -0.39 is 29.8 Å². The zero-order valence-corrected chi connectivity index (χ0v) is 16.8. The number of piperazine rings is 1. The van der Waals surface area contributed by atoms with E-state index >= 15 is 0 Å². The van der Waals surface area contributed by atoms with Gasteiger partial charge in [0.05, 0.1) is 15.6 Å². The fraction of sp³-hybridized carbons (Fsp3) is 0.368. The van der Waals surface area contributed by atoms with Gasteiger partial charge in [0.2, 0.25) is 5.91 Å². The van der Waals surface area contributed by atoms with Gasteiger partial charge in [-0.15, -0.1) is 0 Å². The molecule has 2 aromatic rings. The molecule has 0 atom stereocenters. The van der Waals surface area contributed by atoms with Crippen molar-refractivity contribution in [3.05, 3.63) is 68.1 Å². The van der Waals surface area contributed by atoms with Gasteiger partial charge in [-0.25, -0.2) is 0 Å². The predicted molar refractivity (Wildman–Crippen MR) is 104 cm³/mol. The molecule has 3 rings (SSSR count). The maximum Gasteiger partial charge on any atom is 0.417 e. The molecular weight excluding hydrogens is 430 g/mol. The number of halogens is 5. The molecule has 10 heteroatoms. The quantitative estimate of drug-likeness (QED) is 0.720. The number of alkyl halides is 3. The van der Waals surface area contributed by atoms with Crippen LogP contribution in [0.4, 0.5) is 13.2 Å². The first-order valence-electron chi connectivity index (χ1n) is 8.86. The molecule has 0 unspecified atom stereocenters. The summed E-state index contributed by atoms with van der Waals surface area (Å²) in [5, 5.41) is 0.973. The maximum atomic E-state index is 12.8. The zero-order valence-electron chi connectivity index (χ0n) is 15.3. The van der Waals surface area contributed by atoms with Crippen LogP contribution >= 0.6 is 23.2 Å². The lowest BCUT2D eigenvalue weighted by Gasteiger charge is -2.35. The third-order valence-corrected chi connectivity index (χ3v) is 5.62. The van der Waals surface area contributed by atoms with Crippen molar-refractivity contribution >= 4 is 29.1 Å². The molecule has 1 aliphatic heterocycles. The van der Waals surface area contributed by atoms with Crippen LogP contribution in [-0.4, -0.2) is 46.5 Å². The third-order valence-electron chi connectivity index (χ3n) is 4.77. The van der Waals surface area contributed by atoms with Gasteiger partial charge in [-0.05, 0) is 17.7 Å². The summed E-state index contributed by atoms with van der Waals surface area (Å²) in [7, 11) is 0. The van der Waals surface area contributed by atoms with E-state index in [9.17, 15) is 22.8 Å². The number of benzene rings is 1. The lowest BCUT2D eigenvalue weighted by atomic mass is 10.2. The van der Waals surface area contributed by atoms with Crippen LogP contribution in [0.1, 0.15) is 11.1 Å². The summed E-state index contributed by atoms with van der Waals surface area (Å²) >= 11 is 12.2. The van der Waals surface area contributed by atoms with Crippen molar-refractivity contribution in [3.8, 4) is 0 Å². The minimum absolute atomic E-state index is 0.396. The Balaban J connectivity index is 1.59. The van der Waals surface area contributed by atoms with E-state index in [4.69, 9.17) is 23.2 Å². The Labute approximate surface area is 175 Å². The van der Waals surface area contributed by atoms with Gasteiger partial charge in [-0.3, -0.25) is 14.5 Å². The summed E-state index contributed by atoms with van der Waals surface area (Å²) in [4.78, 5) is 28.0. The normalized spacial score (nSPS) is 15.6. The smallest absolute Gasteiger partial charge is 0.339 e. The Morgan fingerprint density at radius 2 is 1.72 bits per heavy atom. The van der Waals surface area contributed by atoms with Crippen molar-refractivity contribution in [2.24, 2.45) is 0 Å². The van der Waals surface area contributed by atoms with Gasteiger partial charge in [0, 0.05) is 45.0 Å². The number of aromatic nitrogens is 1. The van der Waals surface area contributed by atoms with Crippen molar-refractivity contribution in [3.63, 3.8) is 0 Å². The maximum absolute atomic E-state index is 12.8. The van der Waals surface area contributed by atoms with Gasteiger partial charge in [0.25, 0.3) is 5.56 Å². The van der Waals surface area contributed by atoms with E-state index in [1.807, 2.05) is 12.1 Å². The second-order valence-corrected chi connectivity index (χ2v) is 7.54. The van der Waals surface area contributed by atoms with Crippen LogP contribution in [0.5, 0.6) is 0 Å². The predicted octanol–water partition coefficient (Wildman–Crippen LogP) is 3.52. The highest BCUT2D eigenvalue weighted by Gasteiger charge is 2.31. The number of hydrogen-bond donors (Lipinski definition) is 0. The second kappa shape index (κ2) is 8.77. The summed E-state index contributed by atoms with van der Waals surface area (Å²) in [6, 6.07) is 6.94. The van der Waals surface area contributed by atoms with Crippen molar-refractivity contribution in [1.82, 2.24) is 14.4 Å². The molecule has 29 heavy (non-hydrogen) atoms. The Morgan fingerprint density at radius 3 is 2.38 bits per heavy atom. The molecule has 1 amide bonds. The summed E-state index contributed by atoms with van der Waals surface area (Å²) in [6.45, 7) is 2.12. The van der Waals surface area contributed by atoms with Crippen molar-refractivity contribution in [1.29, 1.82) is 0 Å². The number of amides is 1. The van der Waals surface area contributed by atoms with Gasteiger partial charge in [-0.1, -0.05) is 35.3 Å². The van der Waals surface area contributed by atoms with E-state index in [0.29, 0.717) is 55.0 Å². The first-order valence-corrected chi connectivity index (χ1v) is 9.61. The molecule has 0 spiro atoms.